The lowest BCUT2D eigenvalue weighted by molar-refractivity contribution is -0.116. The first-order valence-corrected chi connectivity index (χ1v) is 10.9. The van der Waals surface area contributed by atoms with Crippen LogP contribution in [-0.4, -0.2) is 18.0 Å². The maximum absolute atomic E-state index is 13.6. The highest BCUT2D eigenvalue weighted by atomic mass is 35.5. The van der Waals surface area contributed by atoms with Crippen molar-refractivity contribution in [1.82, 2.24) is 0 Å². The summed E-state index contributed by atoms with van der Waals surface area (Å²) in [5, 5.41) is 18.5. The van der Waals surface area contributed by atoms with Gasteiger partial charge in [0.15, 0.2) is 17.3 Å². The van der Waals surface area contributed by atoms with Gasteiger partial charge < -0.3 is 20.5 Å². The standard InChI is InChI=1S/C26H23ClN2O3/c1-32-23-12-6-8-17(26(23)31)25-24-21(28-19-10-4-5-11-20(19)29-25)13-15(14-22(24)30)16-7-2-3-9-18(16)27/h2-12,15,25,28-29,31H,13-14H2,1H3/t15-,25+/m0/s1. The van der Waals surface area contributed by atoms with Gasteiger partial charge in [-0.15, -0.1) is 0 Å². The van der Waals surface area contributed by atoms with Crippen LogP contribution in [0.1, 0.15) is 35.9 Å². The number of para-hydroxylation sites is 3. The number of benzene rings is 3. The van der Waals surface area contributed by atoms with Crippen molar-refractivity contribution in [1.29, 1.82) is 0 Å². The van der Waals surface area contributed by atoms with Gasteiger partial charge in [0.05, 0.1) is 24.5 Å². The van der Waals surface area contributed by atoms with Gasteiger partial charge in [0.1, 0.15) is 0 Å². The highest BCUT2D eigenvalue weighted by molar-refractivity contribution is 6.31. The van der Waals surface area contributed by atoms with Crippen molar-refractivity contribution >= 4 is 28.8 Å². The second-order valence-corrected chi connectivity index (χ2v) is 8.50. The number of halogens is 1. The van der Waals surface area contributed by atoms with Gasteiger partial charge >= 0.3 is 0 Å². The number of aromatic hydroxyl groups is 1. The first-order valence-electron chi connectivity index (χ1n) is 10.6. The van der Waals surface area contributed by atoms with Crippen LogP contribution in [0.4, 0.5) is 11.4 Å². The van der Waals surface area contributed by atoms with Crippen molar-refractivity contribution < 1.29 is 14.6 Å². The third-order valence-electron chi connectivity index (χ3n) is 6.22. The summed E-state index contributed by atoms with van der Waals surface area (Å²) in [4.78, 5) is 13.6. The number of rotatable bonds is 3. The Morgan fingerprint density at radius 3 is 2.44 bits per heavy atom. The summed E-state index contributed by atoms with van der Waals surface area (Å²) in [6.45, 7) is 0. The SMILES string of the molecule is COc1cccc([C@H]2Nc3ccccc3NC3=C2C(=O)C[C@@H](c2ccccc2Cl)C3)c1O. The van der Waals surface area contributed by atoms with Gasteiger partial charge in [-0.25, -0.2) is 0 Å². The van der Waals surface area contributed by atoms with Crippen LogP contribution in [0.2, 0.25) is 5.02 Å². The number of methoxy groups -OCH3 is 1. The van der Waals surface area contributed by atoms with Crippen molar-refractivity contribution in [2.24, 2.45) is 0 Å². The van der Waals surface area contributed by atoms with Crippen molar-refractivity contribution in [3.05, 3.63) is 94.1 Å². The second kappa shape index (κ2) is 8.24. The zero-order valence-corrected chi connectivity index (χ0v) is 18.3. The number of Topliss-reactive ketones (excluding diaryl/α,β-unsaturated/α-hetero) is 1. The maximum atomic E-state index is 13.6. The molecule has 5 rings (SSSR count). The quantitative estimate of drug-likeness (QED) is 0.458. The average molecular weight is 447 g/mol. The molecule has 0 bridgehead atoms. The molecule has 162 valence electrons. The first-order chi connectivity index (χ1) is 15.6. The van der Waals surface area contributed by atoms with Crippen LogP contribution in [0.5, 0.6) is 11.5 Å². The third kappa shape index (κ3) is 3.49. The molecule has 0 radical (unpaired) electrons. The maximum Gasteiger partial charge on any atom is 0.163 e. The van der Waals surface area contributed by atoms with E-state index in [0.717, 1.165) is 22.6 Å². The smallest absolute Gasteiger partial charge is 0.163 e. The number of phenolic OH excluding ortho intramolecular Hbond substituents is 1. The zero-order chi connectivity index (χ0) is 22.2. The van der Waals surface area contributed by atoms with Gasteiger partial charge in [0, 0.05) is 28.3 Å². The second-order valence-electron chi connectivity index (χ2n) is 8.09. The lowest BCUT2D eigenvalue weighted by Gasteiger charge is -2.30. The van der Waals surface area contributed by atoms with Crippen molar-refractivity contribution in [3.8, 4) is 11.5 Å². The summed E-state index contributed by atoms with van der Waals surface area (Å²) >= 11 is 6.47. The lowest BCUT2D eigenvalue weighted by Crippen LogP contribution is -2.27. The molecule has 3 N–H and O–H groups in total. The molecule has 1 aliphatic carbocycles. The largest absolute Gasteiger partial charge is 0.504 e. The van der Waals surface area contributed by atoms with Gasteiger partial charge in [0.2, 0.25) is 0 Å². The number of carbonyl (C=O) groups excluding carboxylic acids is 1. The number of fused-ring (bicyclic) bond motifs is 1. The highest BCUT2D eigenvalue weighted by Crippen LogP contribution is 2.47. The molecule has 0 amide bonds. The molecule has 0 saturated heterocycles. The normalized spacial score (nSPS) is 19.9. The van der Waals surface area contributed by atoms with E-state index in [1.807, 2.05) is 60.7 Å². The molecule has 1 heterocycles. The number of ketones is 1. The average Bonchev–Trinajstić information content (AvgIpc) is 2.96. The summed E-state index contributed by atoms with van der Waals surface area (Å²) in [5.74, 6) is 0.400. The fourth-order valence-corrected chi connectivity index (χ4v) is 4.98. The molecule has 2 aliphatic rings. The fraction of sp³-hybridized carbons (Fsp3) is 0.192. The van der Waals surface area contributed by atoms with E-state index in [9.17, 15) is 9.90 Å². The molecular weight excluding hydrogens is 424 g/mol. The Balaban J connectivity index is 1.65. The molecule has 5 nitrogen and oxygen atoms in total. The number of phenols is 1. The molecule has 1 aliphatic heterocycles. The van der Waals surface area contributed by atoms with E-state index >= 15 is 0 Å². The van der Waals surface area contributed by atoms with Gasteiger partial charge in [-0.2, -0.15) is 0 Å². The number of nitrogens with one attached hydrogen (secondary N) is 2. The summed E-state index contributed by atoms with van der Waals surface area (Å²) in [7, 11) is 1.51. The molecule has 32 heavy (non-hydrogen) atoms. The van der Waals surface area contributed by atoms with Crippen LogP contribution in [0.25, 0.3) is 0 Å². The Bertz CT molecular complexity index is 1240. The Kier molecular flexibility index (Phi) is 5.27. The molecule has 0 saturated carbocycles. The minimum atomic E-state index is -0.518. The predicted molar refractivity (Wildman–Crippen MR) is 127 cm³/mol. The number of hydrogen-bond donors (Lipinski definition) is 3. The molecule has 0 unspecified atom stereocenters. The third-order valence-corrected chi connectivity index (χ3v) is 6.56. The van der Waals surface area contributed by atoms with Crippen LogP contribution >= 0.6 is 11.6 Å². The summed E-state index contributed by atoms with van der Waals surface area (Å²) in [6, 6.07) is 20.3. The van der Waals surface area contributed by atoms with E-state index in [-0.39, 0.29) is 17.5 Å². The van der Waals surface area contributed by atoms with Gasteiger partial charge in [-0.3, -0.25) is 4.79 Å². The van der Waals surface area contributed by atoms with Crippen LogP contribution < -0.4 is 15.4 Å². The zero-order valence-electron chi connectivity index (χ0n) is 17.6. The van der Waals surface area contributed by atoms with Crippen molar-refractivity contribution in [2.75, 3.05) is 17.7 Å². The Hall–Kier alpha value is -3.44. The molecule has 3 aromatic carbocycles. The van der Waals surface area contributed by atoms with Gasteiger partial charge in [-0.05, 0) is 42.2 Å². The van der Waals surface area contributed by atoms with Crippen LogP contribution in [0, 0.1) is 0 Å². The number of carbonyl (C=O) groups is 1. The highest BCUT2D eigenvalue weighted by Gasteiger charge is 2.37. The van der Waals surface area contributed by atoms with Gasteiger partial charge in [0.25, 0.3) is 0 Å². The van der Waals surface area contributed by atoms with Crippen LogP contribution in [0.15, 0.2) is 78.0 Å². The van der Waals surface area contributed by atoms with E-state index in [4.69, 9.17) is 16.3 Å². The minimum Gasteiger partial charge on any atom is -0.504 e. The van der Waals surface area contributed by atoms with E-state index in [0.29, 0.717) is 34.8 Å². The fourth-order valence-electron chi connectivity index (χ4n) is 4.69. The Morgan fingerprint density at radius 2 is 1.66 bits per heavy atom. The predicted octanol–water partition coefficient (Wildman–Crippen LogP) is 6.03. The molecule has 0 spiro atoms. The monoisotopic (exact) mass is 446 g/mol. The number of hydrogen-bond acceptors (Lipinski definition) is 5. The Labute approximate surface area is 191 Å². The molecule has 0 fully saturated rings. The molecule has 0 aromatic heterocycles. The summed E-state index contributed by atoms with van der Waals surface area (Å²) in [6.07, 6.45) is 0.992. The molecule has 6 heteroatoms. The number of anilines is 2. The lowest BCUT2D eigenvalue weighted by atomic mass is 9.78. The first kappa shape index (κ1) is 20.5. The van der Waals surface area contributed by atoms with Crippen molar-refractivity contribution in [2.45, 2.75) is 24.8 Å². The topological polar surface area (TPSA) is 70.6 Å². The minimum absolute atomic E-state index is 0.0210. The molecule has 3 aromatic rings. The van der Waals surface area contributed by atoms with Gasteiger partial charge in [-0.1, -0.05) is 54.1 Å². The molecule has 2 atom stereocenters. The Morgan fingerprint density at radius 1 is 0.938 bits per heavy atom. The summed E-state index contributed by atoms with van der Waals surface area (Å²) in [5.41, 5.74) is 4.79. The van der Waals surface area contributed by atoms with Crippen LogP contribution in [-0.2, 0) is 4.79 Å². The van der Waals surface area contributed by atoms with E-state index in [2.05, 4.69) is 10.6 Å². The molecular formula is C26H23ClN2O3. The van der Waals surface area contributed by atoms with Crippen molar-refractivity contribution in [3.63, 3.8) is 0 Å². The summed E-state index contributed by atoms with van der Waals surface area (Å²) < 4.78 is 5.32. The van der Waals surface area contributed by atoms with E-state index in [1.54, 1.807) is 6.07 Å². The van der Waals surface area contributed by atoms with E-state index < -0.39 is 6.04 Å². The number of allylic oxidation sites excluding steroid dienone is 1. The van der Waals surface area contributed by atoms with E-state index in [1.165, 1.54) is 7.11 Å². The number of ether oxygens (including phenoxy) is 1. The van der Waals surface area contributed by atoms with Crippen LogP contribution in [0.3, 0.4) is 0 Å².